The maximum Gasteiger partial charge on any atom is 0.276 e. The van der Waals surface area contributed by atoms with Gasteiger partial charge in [0, 0.05) is 43.0 Å². The van der Waals surface area contributed by atoms with E-state index in [4.69, 9.17) is 5.73 Å². The minimum atomic E-state index is -1.02. The first-order valence-electron chi connectivity index (χ1n) is 11.4. The highest BCUT2D eigenvalue weighted by molar-refractivity contribution is 6.08. The highest BCUT2D eigenvalue weighted by atomic mass is 19.1. The van der Waals surface area contributed by atoms with Gasteiger partial charge in [-0.15, -0.1) is 0 Å². The minimum absolute atomic E-state index is 0.0684. The van der Waals surface area contributed by atoms with Gasteiger partial charge < -0.3 is 16.0 Å². The molecule has 0 spiro atoms. The number of hydrogen-bond acceptors (Lipinski definition) is 6. The Morgan fingerprint density at radius 2 is 1.75 bits per heavy atom. The highest BCUT2D eigenvalue weighted by Gasteiger charge is 2.25. The summed E-state index contributed by atoms with van der Waals surface area (Å²) in [6, 6.07) is 6.22. The van der Waals surface area contributed by atoms with Crippen LogP contribution < -0.4 is 21.5 Å². The maximum absolute atomic E-state index is 14.8. The number of aliphatic imine (C=N–C) groups is 1. The first-order valence-corrected chi connectivity index (χ1v) is 11.4. The number of aromatic nitrogens is 2. The Morgan fingerprint density at radius 1 is 1.08 bits per heavy atom. The molecule has 11 heteroatoms. The van der Waals surface area contributed by atoms with E-state index in [1.54, 1.807) is 0 Å². The summed E-state index contributed by atoms with van der Waals surface area (Å²) in [6.07, 6.45) is 3.31. The number of benzene rings is 2. The van der Waals surface area contributed by atoms with Crippen molar-refractivity contribution in [2.75, 3.05) is 29.0 Å². The molecule has 0 radical (unpaired) electrons. The van der Waals surface area contributed by atoms with Gasteiger partial charge in [-0.1, -0.05) is 6.07 Å². The number of nitrogens with zero attached hydrogens (tertiary/aromatic N) is 4. The molecule has 2 heterocycles. The van der Waals surface area contributed by atoms with E-state index in [1.807, 2.05) is 18.7 Å². The van der Waals surface area contributed by atoms with Crippen LogP contribution in [0, 0.1) is 17.5 Å². The summed E-state index contributed by atoms with van der Waals surface area (Å²) in [4.78, 5) is 31.8. The molecular formula is C25H25F3N6O2. The Labute approximate surface area is 205 Å². The lowest BCUT2D eigenvalue weighted by Gasteiger charge is -2.25. The van der Waals surface area contributed by atoms with Crippen LogP contribution in [0.1, 0.15) is 42.7 Å². The van der Waals surface area contributed by atoms with Crippen LogP contribution in [0.5, 0.6) is 0 Å². The number of rotatable bonds is 6. The largest absolute Gasteiger partial charge is 0.396 e. The molecule has 1 aromatic heterocycles. The normalized spacial score (nSPS) is 13.7. The fourth-order valence-corrected chi connectivity index (χ4v) is 3.98. The maximum atomic E-state index is 14.8. The van der Waals surface area contributed by atoms with E-state index < -0.39 is 34.6 Å². The third-order valence-corrected chi connectivity index (χ3v) is 5.68. The lowest BCUT2D eigenvalue weighted by Crippen LogP contribution is -2.27. The summed E-state index contributed by atoms with van der Waals surface area (Å²) in [6.45, 7) is 5.07. The standard InChI is InChI=1S/C25H25F3N6O2/c1-14(2)30-13-15-22(29)18(28)12-20(23(15)33-10-3-4-11-33)31-25(36)19-8-9-21(35)34(32-19)24-16(26)6-5-7-17(24)27/h5-9,12-14H,3-4,10-11,29H2,1-2H3,(H,31,36). The molecule has 0 bridgehead atoms. The van der Waals surface area contributed by atoms with Gasteiger partial charge in [0.2, 0.25) is 0 Å². The molecule has 36 heavy (non-hydrogen) atoms. The zero-order valence-corrected chi connectivity index (χ0v) is 19.8. The van der Waals surface area contributed by atoms with Crippen LogP contribution in [0.4, 0.5) is 30.2 Å². The molecule has 0 unspecified atom stereocenters. The Kier molecular flexibility index (Phi) is 7.09. The third kappa shape index (κ3) is 4.95. The second-order valence-electron chi connectivity index (χ2n) is 8.64. The number of amides is 1. The molecule has 1 aliphatic heterocycles. The van der Waals surface area contributed by atoms with Crippen molar-refractivity contribution in [3.63, 3.8) is 0 Å². The Hall–Kier alpha value is -4.15. The van der Waals surface area contributed by atoms with Crippen LogP contribution in [0.15, 0.2) is 46.2 Å². The Bertz CT molecular complexity index is 1380. The molecular weight excluding hydrogens is 473 g/mol. The van der Waals surface area contributed by atoms with Crippen LogP contribution in [0.25, 0.3) is 5.69 Å². The minimum Gasteiger partial charge on any atom is -0.396 e. The van der Waals surface area contributed by atoms with E-state index in [1.165, 1.54) is 6.21 Å². The summed E-state index contributed by atoms with van der Waals surface area (Å²) >= 11 is 0. The number of carbonyl (C=O) groups excluding carboxylic acids is 1. The topological polar surface area (TPSA) is 106 Å². The molecule has 2 aromatic carbocycles. The van der Waals surface area contributed by atoms with E-state index in [0.717, 1.165) is 49.2 Å². The summed E-state index contributed by atoms with van der Waals surface area (Å²) < 4.78 is 43.8. The van der Waals surface area contributed by atoms with Crippen molar-refractivity contribution >= 4 is 29.2 Å². The van der Waals surface area contributed by atoms with Gasteiger partial charge in [0.1, 0.15) is 17.2 Å². The fourth-order valence-electron chi connectivity index (χ4n) is 3.98. The van der Waals surface area contributed by atoms with Crippen molar-refractivity contribution in [3.05, 3.63) is 75.5 Å². The highest BCUT2D eigenvalue weighted by Crippen LogP contribution is 2.37. The van der Waals surface area contributed by atoms with E-state index in [2.05, 4.69) is 15.4 Å². The van der Waals surface area contributed by atoms with Crippen molar-refractivity contribution in [2.45, 2.75) is 32.7 Å². The molecule has 1 fully saturated rings. The average Bonchev–Trinajstić information content (AvgIpc) is 3.35. The molecule has 3 aromatic rings. The van der Waals surface area contributed by atoms with Crippen molar-refractivity contribution in [1.82, 2.24) is 9.78 Å². The van der Waals surface area contributed by atoms with Gasteiger partial charge in [-0.3, -0.25) is 14.6 Å². The fraction of sp³-hybridized carbons (Fsp3) is 0.280. The van der Waals surface area contributed by atoms with E-state index >= 15 is 0 Å². The predicted molar refractivity (Wildman–Crippen MR) is 133 cm³/mol. The average molecular weight is 499 g/mol. The molecule has 3 N–H and O–H groups in total. The molecule has 1 aliphatic rings. The number of nitrogens with two attached hydrogens (primary N) is 1. The smallest absolute Gasteiger partial charge is 0.276 e. The Balaban J connectivity index is 1.78. The molecule has 0 aliphatic carbocycles. The summed E-state index contributed by atoms with van der Waals surface area (Å²) in [5, 5.41) is 6.49. The first kappa shape index (κ1) is 25.0. The molecule has 1 saturated heterocycles. The zero-order valence-electron chi connectivity index (χ0n) is 19.8. The van der Waals surface area contributed by atoms with Crippen molar-refractivity contribution in [2.24, 2.45) is 4.99 Å². The van der Waals surface area contributed by atoms with Crippen molar-refractivity contribution in [1.29, 1.82) is 0 Å². The number of nitrogen functional groups attached to an aromatic ring is 1. The van der Waals surface area contributed by atoms with Crippen LogP contribution in [0.2, 0.25) is 0 Å². The lowest BCUT2D eigenvalue weighted by molar-refractivity contribution is 0.102. The number of hydrogen-bond donors (Lipinski definition) is 2. The molecule has 8 nitrogen and oxygen atoms in total. The SMILES string of the molecule is CC(C)N=Cc1c(N)c(F)cc(NC(=O)c2ccc(=O)n(-c3c(F)cccc3F)n2)c1N1CCCC1. The van der Waals surface area contributed by atoms with Gasteiger partial charge in [-0.2, -0.15) is 9.78 Å². The second kappa shape index (κ2) is 10.2. The third-order valence-electron chi connectivity index (χ3n) is 5.68. The summed E-state index contributed by atoms with van der Waals surface area (Å²) in [5.41, 5.74) is 5.09. The number of nitrogens with one attached hydrogen (secondary N) is 1. The summed E-state index contributed by atoms with van der Waals surface area (Å²) in [7, 11) is 0. The van der Waals surface area contributed by atoms with Crippen molar-refractivity contribution < 1.29 is 18.0 Å². The van der Waals surface area contributed by atoms with Gasteiger partial charge in [-0.25, -0.2) is 13.2 Å². The molecule has 0 atom stereocenters. The molecule has 188 valence electrons. The first-order chi connectivity index (χ1) is 17.2. The van der Waals surface area contributed by atoms with Crippen LogP contribution >= 0.6 is 0 Å². The van der Waals surface area contributed by atoms with Gasteiger partial charge in [0.05, 0.1) is 17.1 Å². The van der Waals surface area contributed by atoms with E-state index in [9.17, 15) is 22.8 Å². The summed E-state index contributed by atoms with van der Waals surface area (Å²) in [5.74, 6) is -3.59. The van der Waals surface area contributed by atoms with Gasteiger partial charge in [-0.05, 0) is 44.9 Å². The lowest BCUT2D eigenvalue weighted by atomic mass is 10.1. The Morgan fingerprint density at radius 3 is 2.39 bits per heavy atom. The van der Waals surface area contributed by atoms with Crippen LogP contribution in [-0.2, 0) is 0 Å². The monoisotopic (exact) mass is 498 g/mol. The predicted octanol–water partition coefficient (Wildman–Crippen LogP) is 3.91. The van der Waals surface area contributed by atoms with E-state index in [0.29, 0.717) is 29.0 Å². The van der Waals surface area contributed by atoms with Crippen LogP contribution in [0.3, 0.4) is 0 Å². The zero-order chi connectivity index (χ0) is 26.0. The number of para-hydroxylation sites is 1. The van der Waals surface area contributed by atoms with Crippen molar-refractivity contribution in [3.8, 4) is 5.69 Å². The molecule has 0 saturated carbocycles. The van der Waals surface area contributed by atoms with E-state index in [-0.39, 0.29) is 23.1 Å². The molecule has 4 rings (SSSR count). The van der Waals surface area contributed by atoms with Gasteiger partial charge in [0.25, 0.3) is 11.5 Å². The number of anilines is 3. The van der Waals surface area contributed by atoms with Gasteiger partial charge in [0.15, 0.2) is 11.6 Å². The quantitative estimate of drug-likeness (QED) is 0.396. The van der Waals surface area contributed by atoms with Crippen LogP contribution in [-0.4, -0.2) is 41.0 Å². The number of halogens is 3. The molecule has 1 amide bonds. The number of carbonyl (C=O) groups is 1. The second-order valence-corrected chi connectivity index (χ2v) is 8.64. The van der Waals surface area contributed by atoms with Gasteiger partial charge >= 0.3 is 0 Å².